The number of hydrogen-bond donors (Lipinski definition) is 0. The van der Waals surface area contributed by atoms with Gasteiger partial charge in [-0.05, 0) is 30.3 Å². The predicted molar refractivity (Wildman–Crippen MR) is 67.1 cm³/mol. The van der Waals surface area contributed by atoms with Crippen LogP contribution in [0.15, 0.2) is 48.5 Å². The Bertz CT molecular complexity index is 682. The van der Waals surface area contributed by atoms with E-state index >= 15 is 0 Å². The van der Waals surface area contributed by atoms with Crippen LogP contribution in [0.5, 0.6) is 0 Å². The highest BCUT2D eigenvalue weighted by Gasteiger charge is 2.07. The van der Waals surface area contributed by atoms with E-state index in [1.54, 1.807) is 12.1 Å². The number of rotatable bonds is 1. The lowest BCUT2D eigenvalue weighted by atomic mass is 10.1. The molecule has 1 radical (unpaired) electrons. The Hall–Kier alpha value is -2.09. The Balaban J connectivity index is 2.27. The fraction of sp³-hybridized carbons (Fsp3) is 0.0667. The first-order valence-corrected chi connectivity index (χ1v) is 5.47. The predicted octanol–water partition coefficient (Wildman–Crippen LogP) is 3.78. The summed E-state index contributed by atoms with van der Waals surface area (Å²) in [5.74, 6) is -0.209. The standard InChI is InChI=1S/C15H11FN/c1-17-14-8-3-2-5-12(14)10-15(17)11-6-4-7-13(16)9-11/h2,4-10H,1H3. The van der Waals surface area contributed by atoms with E-state index in [1.165, 1.54) is 6.07 Å². The summed E-state index contributed by atoms with van der Waals surface area (Å²) in [6.45, 7) is 0. The summed E-state index contributed by atoms with van der Waals surface area (Å²) in [7, 11) is 1.98. The molecule has 0 spiro atoms. The average molecular weight is 224 g/mol. The molecular weight excluding hydrogens is 213 g/mol. The van der Waals surface area contributed by atoms with Gasteiger partial charge in [-0.2, -0.15) is 0 Å². The second kappa shape index (κ2) is 3.74. The highest BCUT2D eigenvalue weighted by atomic mass is 19.1. The maximum Gasteiger partial charge on any atom is 0.123 e. The number of aromatic nitrogens is 1. The van der Waals surface area contributed by atoms with E-state index in [0.717, 1.165) is 22.2 Å². The van der Waals surface area contributed by atoms with Crippen molar-refractivity contribution in [3.8, 4) is 11.3 Å². The molecule has 1 heterocycles. The molecule has 17 heavy (non-hydrogen) atoms. The van der Waals surface area contributed by atoms with Gasteiger partial charge in [0.1, 0.15) is 5.82 Å². The van der Waals surface area contributed by atoms with Crippen molar-refractivity contribution in [2.45, 2.75) is 0 Å². The van der Waals surface area contributed by atoms with Crippen LogP contribution < -0.4 is 0 Å². The van der Waals surface area contributed by atoms with E-state index < -0.39 is 0 Å². The summed E-state index contributed by atoms with van der Waals surface area (Å²) in [4.78, 5) is 0. The SMILES string of the molecule is Cn1c(-c2cccc(F)c2)cc2cc[c]cc21. The molecule has 3 rings (SSSR count). The molecule has 0 amide bonds. The number of halogens is 1. The number of aryl methyl sites for hydroxylation is 1. The number of nitrogens with zero attached hydrogens (tertiary/aromatic N) is 1. The van der Waals surface area contributed by atoms with Gasteiger partial charge in [0.15, 0.2) is 0 Å². The van der Waals surface area contributed by atoms with Gasteiger partial charge in [0.25, 0.3) is 0 Å². The van der Waals surface area contributed by atoms with Crippen molar-refractivity contribution in [3.05, 3.63) is 60.4 Å². The van der Waals surface area contributed by atoms with Crippen molar-refractivity contribution in [1.82, 2.24) is 4.57 Å². The molecule has 83 valence electrons. The summed E-state index contributed by atoms with van der Waals surface area (Å²) in [6.07, 6.45) is 0. The lowest BCUT2D eigenvalue weighted by Gasteiger charge is -2.04. The average Bonchev–Trinajstić information content (AvgIpc) is 2.68. The van der Waals surface area contributed by atoms with Gasteiger partial charge in [-0.3, -0.25) is 0 Å². The van der Waals surface area contributed by atoms with Crippen molar-refractivity contribution in [1.29, 1.82) is 0 Å². The van der Waals surface area contributed by atoms with Gasteiger partial charge in [0.05, 0.1) is 0 Å². The fourth-order valence-corrected chi connectivity index (χ4v) is 2.14. The van der Waals surface area contributed by atoms with Crippen LogP contribution in [0.3, 0.4) is 0 Å². The van der Waals surface area contributed by atoms with Gasteiger partial charge in [0.2, 0.25) is 0 Å². The molecule has 1 nitrogen and oxygen atoms in total. The normalized spacial score (nSPS) is 10.9. The third-order valence-corrected chi connectivity index (χ3v) is 3.01. The molecule has 0 aliphatic rings. The van der Waals surface area contributed by atoms with Crippen LogP contribution in [0, 0.1) is 11.9 Å². The minimum Gasteiger partial charge on any atom is -0.344 e. The summed E-state index contributed by atoms with van der Waals surface area (Å²) >= 11 is 0. The zero-order valence-corrected chi connectivity index (χ0v) is 9.44. The summed E-state index contributed by atoms with van der Waals surface area (Å²) in [6, 6.07) is 17.6. The van der Waals surface area contributed by atoms with Crippen LogP contribution in [0.25, 0.3) is 22.2 Å². The van der Waals surface area contributed by atoms with E-state index in [9.17, 15) is 4.39 Å². The number of hydrogen-bond acceptors (Lipinski definition) is 0. The molecule has 1 aromatic heterocycles. The van der Waals surface area contributed by atoms with Crippen molar-refractivity contribution < 1.29 is 4.39 Å². The molecule has 0 aliphatic carbocycles. The molecule has 0 bridgehead atoms. The molecular formula is C15H11FN. The maximum atomic E-state index is 13.2. The van der Waals surface area contributed by atoms with Gasteiger partial charge < -0.3 is 4.57 Å². The van der Waals surface area contributed by atoms with Crippen molar-refractivity contribution >= 4 is 10.9 Å². The lowest BCUT2D eigenvalue weighted by molar-refractivity contribution is 0.628. The molecule has 0 saturated heterocycles. The topological polar surface area (TPSA) is 4.93 Å². The van der Waals surface area contributed by atoms with Crippen molar-refractivity contribution in [2.24, 2.45) is 7.05 Å². The Kier molecular flexibility index (Phi) is 2.22. The van der Waals surface area contributed by atoms with Gasteiger partial charge in [-0.15, -0.1) is 0 Å². The van der Waals surface area contributed by atoms with Gasteiger partial charge >= 0.3 is 0 Å². The summed E-state index contributed by atoms with van der Waals surface area (Å²) < 4.78 is 15.3. The zero-order valence-electron chi connectivity index (χ0n) is 9.44. The first-order valence-electron chi connectivity index (χ1n) is 5.47. The van der Waals surface area contributed by atoms with Gasteiger partial charge in [-0.25, -0.2) is 4.39 Å². The van der Waals surface area contributed by atoms with Crippen LogP contribution in [0.4, 0.5) is 4.39 Å². The highest BCUT2D eigenvalue weighted by Crippen LogP contribution is 2.27. The summed E-state index contributed by atoms with van der Waals surface area (Å²) in [5.41, 5.74) is 3.01. The molecule has 0 N–H and O–H groups in total. The molecule has 0 saturated carbocycles. The van der Waals surface area contributed by atoms with E-state index in [1.807, 2.05) is 31.3 Å². The second-order valence-corrected chi connectivity index (χ2v) is 4.08. The first-order chi connectivity index (χ1) is 8.25. The van der Waals surface area contributed by atoms with Crippen LogP contribution >= 0.6 is 0 Å². The molecule has 0 fully saturated rings. The van der Waals surface area contributed by atoms with E-state index in [2.05, 4.69) is 16.7 Å². The molecule has 3 aromatic rings. The summed E-state index contributed by atoms with van der Waals surface area (Å²) in [5, 5.41) is 1.14. The Morgan fingerprint density at radius 2 is 2.06 bits per heavy atom. The first kappa shape index (κ1) is 10.1. The van der Waals surface area contributed by atoms with Crippen molar-refractivity contribution in [2.75, 3.05) is 0 Å². The molecule has 0 aliphatic heterocycles. The van der Waals surface area contributed by atoms with Crippen LogP contribution in [-0.4, -0.2) is 4.57 Å². The van der Waals surface area contributed by atoms with Gasteiger partial charge in [0, 0.05) is 29.2 Å². The monoisotopic (exact) mass is 224 g/mol. The zero-order chi connectivity index (χ0) is 11.8. The Labute approximate surface area is 99.1 Å². The minimum atomic E-state index is -0.209. The molecule has 2 aromatic carbocycles. The maximum absolute atomic E-state index is 13.2. The third-order valence-electron chi connectivity index (χ3n) is 3.01. The highest BCUT2D eigenvalue weighted by molar-refractivity contribution is 5.86. The quantitative estimate of drug-likeness (QED) is 0.592. The Morgan fingerprint density at radius 3 is 2.82 bits per heavy atom. The lowest BCUT2D eigenvalue weighted by Crippen LogP contribution is -1.91. The van der Waals surface area contributed by atoms with Crippen LogP contribution in [-0.2, 0) is 7.05 Å². The van der Waals surface area contributed by atoms with Gasteiger partial charge in [-0.1, -0.05) is 24.3 Å². The fourth-order valence-electron chi connectivity index (χ4n) is 2.14. The number of benzene rings is 2. The van der Waals surface area contributed by atoms with E-state index in [4.69, 9.17) is 0 Å². The molecule has 0 unspecified atom stereocenters. The Morgan fingerprint density at radius 1 is 1.18 bits per heavy atom. The van der Waals surface area contributed by atoms with Crippen LogP contribution in [0.2, 0.25) is 0 Å². The number of fused-ring (bicyclic) bond motifs is 1. The third kappa shape index (κ3) is 1.62. The van der Waals surface area contributed by atoms with E-state index in [0.29, 0.717) is 0 Å². The second-order valence-electron chi connectivity index (χ2n) is 4.08. The van der Waals surface area contributed by atoms with Crippen molar-refractivity contribution in [3.63, 3.8) is 0 Å². The smallest absolute Gasteiger partial charge is 0.123 e. The largest absolute Gasteiger partial charge is 0.344 e. The minimum absolute atomic E-state index is 0.209. The van der Waals surface area contributed by atoms with Crippen LogP contribution in [0.1, 0.15) is 0 Å². The molecule has 0 atom stereocenters. The van der Waals surface area contributed by atoms with E-state index in [-0.39, 0.29) is 5.82 Å². The molecule has 2 heteroatoms.